The summed E-state index contributed by atoms with van der Waals surface area (Å²) in [5, 5.41) is 7.34. The molecular weight excluding hydrogens is 533 g/mol. The van der Waals surface area contributed by atoms with Gasteiger partial charge in [0.25, 0.3) is 0 Å². The first-order valence-corrected chi connectivity index (χ1v) is 16.4. The number of aromatic nitrogens is 2. The highest BCUT2D eigenvalue weighted by Crippen LogP contribution is 2.38. The Morgan fingerprint density at radius 1 is 1.05 bits per heavy atom. The lowest BCUT2D eigenvalue weighted by atomic mass is 10.0. The zero-order valence-corrected chi connectivity index (χ0v) is 24.5. The van der Waals surface area contributed by atoms with Gasteiger partial charge in [-0.15, -0.1) is 0 Å². The molecule has 1 atom stereocenters. The molecule has 216 valence electrons. The molecule has 0 bridgehead atoms. The predicted octanol–water partition coefficient (Wildman–Crippen LogP) is 7.25. The van der Waals surface area contributed by atoms with Crippen LogP contribution in [0.3, 0.4) is 0 Å². The van der Waals surface area contributed by atoms with Crippen LogP contribution < -0.4 is 10.6 Å². The molecule has 2 aromatic carbocycles. The number of carbonyl (C=O) groups excluding carboxylic acids is 1. The van der Waals surface area contributed by atoms with Crippen LogP contribution in [0.5, 0.6) is 0 Å². The van der Waals surface area contributed by atoms with Gasteiger partial charge in [-0.3, -0.25) is 9.20 Å². The summed E-state index contributed by atoms with van der Waals surface area (Å²) < 4.78 is 16.7. The molecule has 1 aliphatic carbocycles. The van der Waals surface area contributed by atoms with E-state index in [4.69, 9.17) is 4.98 Å². The average molecular weight is 574 g/mol. The van der Waals surface area contributed by atoms with Crippen LogP contribution in [-0.4, -0.2) is 59.0 Å². The molecule has 1 saturated carbocycles. The van der Waals surface area contributed by atoms with Crippen LogP contribution in [0, 0.1) is 5.92 Å². The number of unbranched alkanes of at least 4 members (excludes halogenated alkanes) is 1. The van der Waals surface area contributed by atoms with E-state index in [1.807, 2.05) is 6.07 Å². The molecule has 3 aliphatic rings. The quantitative estimate of drug-likeness (QED) is 0.146. The zero-order valence-electron chi connectivity index (χ0n) is 23.7. The summed E-state index contributed by atoms with van der Waals surface area (Å²) in [4.78, 5) is 21.5. The van der Waals surface area contributed by atoms with Gasteiger partial charge in [0.1, 0.15) is 17.7 Å². The Bertz CT molecular complexity index is 1510. The molecule has 6 nitrogen and oxygen atoms in total. The number of anilines is 1. The van der Waals surface area contributed by atoms with Crippen molar-refractivity contribution in [2.45, 2.75) is 70.0 Å². The first-order valence-electron chi connectivity index (χ1n) is 15.5. The number of halogens is 1. The summed E-state index contributed by atoms with van der Waals surface area (Å²) >= 11 is 1.66. The van der Waals surface area contributed by atoms with Crippen LogP contribution in [0.15, 0.2) is 42.5 Å². The van der Waals surface area contributed by atoms with E-state index < -0.39 is 6.17 Å². The molecule has 2 aromatic heterocycles. The summed E-state index contributed by atoms with van der Waals surface area (Å²) in [5.41, 5.74) is 5.37. The molecule has 0 amide bonds. The van der Waals surface area contributed by atoms with Gasteiger partial charge in [-0.25, -0.2) is 9.37 Å². The fraction of sp³-hybridized carbons (Fsp3) is 0.515. The molecule has 2 saturated heterocycles. The van der Waals surface area contributed by atoms with Crippen LogP contribution in [0.1, 0.15) is 79.8 Å². The number of thiazole rings is 1. The number of hydrogen-bond donors (Lipinski definition) is 2. The monoisotopic (exact) mass is 573 g/mol. The molecular formula is C33H40FN5OS. The Hall–Kier alpha value is -2.81. The minimum absolute atomic E-state index is 0.199. The number of piperidine rings is 1. The first-order chi connectivity index (χ1) is 20.1. The van der Waals surface area contributed by atoms with Crippen LogP contribution >= 0.6 is 11.3 Å². The van der Waals surface area contributed by atoms with Crippen molar-refractivity contribution in [3.05, 3.63) is 53.6 Å². The third kappa shape index (κ3) is 5.92. The molecule has 3 fully saturated rings. The van der Waals surface area contributed by atoms with Gasteiger partial charge in [0.15, 0.2) is 10.7 Å². The second kappa shape index (κ2) is 11.8. The van der Waals surface area contributed by atoms with Gasteiger partial charge in [-0.2, -0.15) is 0 Å². The highest BCUT2D eigenvalue weighted by Gasteiger charge is 2.25. The number of likely N-dealkylation sites (tertiary alicyclic amines) is 1. The van der Waals surface area contributed by atoms with Gasteiger partial charge in [0.05, 0.1) is 10.2 Å². The maximum absolute atomic E-state index is 13.4. The van der Waals surface area contributed by atoms with Gasteiger partial charge in [0.2, 0.25) is 0 Å². The van der Waals surface area contributed by atoms with E-state index in [0.717, 1.165) is 89.3 Å². The molecule has 2 aliphatic heterocycles. The SMILES string of the molecule is O=C(CCCCN1CCC(F)CC1)c1ccc2c(c1)sc1nc(-c3ccc([C@@H]4CCCN4)cc3)c(NCC3CC3)n12. The third-order valence-electron chi connectivity index (χ3n) is 9.12. The normalized spacial score (nSPS) is 20.4. The maximum atomic E-state index is 13.4. The van der Waals surface area contributed by atoms with Gasteiger partial charge in [-0.05, 0) is 94.1 Å². The average Bonchev–Trinajstić information content (AvgIpc) is 3.37. The number of Topliss-reactive ketones (excluding diaryl/α,β-unsaturated/α-hetero) is 1. The number of nitrogens with one attached hydrogen (secondary N) is 2. The van der Waals surface area contributed by atoms with E-state index in [9.17, 15) is 9.18 Å². The zero-order chi connectivity index (χ0) is 27.8. The highest BCUT2D eigenvalue weighted by molar-refractivity contribution is 7.23. The lowest BCUT2D eigenvalue weighted by Crippen LogP contribution is -2.35. The molecule has 8 heteroatoms. The second-order valence-electron chi connectivity index (χ2n) is 12.2. The number of hydrogen-bond acceptors (Lipinski definition) is 6. The molecule has 41 heavy (non-hydrogen) atoms. The number of alkyl halides is 1. The van der Waals surface area contributed by atoms with Crippen molar-refractivity contribution in [1.29, 1.82) is 0 Å². The van der Waals surface area contributed by atoms with Crippen molar-refractivity contribution in [1.82, 2.24) is 19.6 Å². The van der Waals surface area contributed by atoms with Crippen molar-refractivity contribution in [3.63, 3.8) is 0 Å². The number of ketones is 1. The summed E-state index contributed by atoms with van der Waals surface area (Å²) in [5.74, 6) is 2.00. The number of benzene rings is 2. The van der Waals surface area contributed by atoms with Crippen molar-refractivity contribution in [2.75, 3.05) is 38.0 Å². The van der Waals surface area contributed by atoms with Crippen LogP contribution in [0.4, 0.5) is 10.2 Å². The van der Waals surface area contributed by atoms with Gasteiger partial charge < -0.3 is 15.5 Å². The lowest BCUT2D eigenvalue weighted by Gasteiger charge is -2.28. The number of rotatable bonds is 11. The molecule has 0 unspecified atom stereocenters. The lowest BCUT2D eigenvalue weighted by molar-refractivity contribution is 0.0976. The second-order valence-corrected chi connectivity index (χ2v) is 13.2. The third-order valence-corrected chi connectivity index (χ3v) is 10.1. The van der Waals surface area contributed by atoms with Crippen molar-refractivity contribution < 1.29 is 9.18 Å². The number of fused-ring (bicyclic) bond motifs is 3. The molecule has 2 N–H and O–H groups in total. The fourth-order valence-corrected chi connectivity index (χ4v) is 7.47. The number of carbonyl (C=O) groups is 1. The minimum Gasteiger partial charge on any atom is -0.369 e. The molecule has 4 aromatic rings. The minimum atomic E-state index is -0.634. The highest BCUT2D eigenvalue weighted by atomic mass is 32.1. The number of imidazole rings is 1. The topological polar surface area (TPSA) is 61.7 Å². The van der Waals surface area contributed by atoms with Crippen molar-refractivity contribution >= 4 is 38.1 Å². The molecule has 4 heterocycles. The van der Waals surface area contributed by atoms with Crippen molar-refractivity contribution in [3.8, 4) is 11.3 Å². The Morgan fingerprint density at radius 2 is 1.88 bits per heavy atom. The molecule has 0 radical (unpaired) electrons. The smallest absolute Gasteiger partial charge is 0.197 e. The fourth-order valence-electron chi connectivity index (χ4n) is 6.40. The maximum Gasteiger partial charge on any atom is 0.197 e. The van der Waals surface area contributed by atoms with E-state index in [2.05, 4.69) is 56.3 Å². The van der Waals surface area contributed by atoms with E-state index in [1.165, 1.54) is 31.2 Å². The van der Waals surface area contributed by atoms with Crippen LogP contribution in [0.2, 0.25) is 0 Å². The van der Waals surface area contributed by atoms with Gasteiger partial charge in [0, 0.05) is 43.2 Å². The van der Waals surface area contributed by atoms with Gasteiger partial charge in [-0.1, -0.05) is 35.6 Å². The predicted molar refractivity (Wildman–Crippen MR) is 166 cm³/mol. The van der Waals surface area contributed by atoms with Gasteiger partial charge >= 0.3 is 0 Å². The Labute approximate surface area is 245 Å². The van der Waals surface area contributed by atoms with E-state index in [-0.39, 0.29) is 5.78 Å². The number of nitrogens with zero attached hydrogens (tertiary/aromatic N) is 3. The van der Waals surface area contributed by atoms with Crippen LogP contribution in [0.25, 0.3) is 26.4 Å². The molecule has 0 spiro atoms. The summed E-state index contributed by atoms with van der Waals surface area (Å²) in [7, 11) is 0. The summed E-state index contributed by atoms with van der Waals surface area (Å²) in [6, 6.07) is 15.5. The first kappa shape index (κ1) is 27.0. The Kier molecular flexibility index (Phi) is 7.80. The standard InChI is InChI=1S/C33H40FN5OS/c34-26-14-18-38(19-15-26)17-2-1-5-29(40)25-12-13-28-30(20-25)41-33-37-31(32(39(28)33)36-21-22-6-7-22)24-10-8-23(9-11-24)27-4-3-16-35-27/h8-13,20,22,26-27,35-36H,1-7,14-19,21H2/t27-/m0/s1. The van der Waals surface area contributed by atoms with E-state index in [1.54, 1.807) is 11.3 Å². The Balaban J connectivity index is 1.09. The van der Waals surface area contributed by atoms with Crippen molar-refractivity contribution in [2.24, 2.45) is 5.92 Å². The largest absolute Gasteiger partial charge is 0.369 e. The summed E-state index contributed by atoms with van der Waals surface area (Å²) in [6.07, 6.45) is 8.08. The summed E-state index contributed by atoms with van der Waals surface area (Å²) in [6.45, 7) is 4.70. The van der Waals surface area contributed by atoms with E-state index in [0.29, 0.717) is 25.3 Å². The Morgan fingerprint density at radius 3 is 2.63 bits per heavy atom. The molecule has 7 rings (SSSR count). The van der Waals surface area contributed by atoms with Crippen LogP contribution in [-0.2, 0) is 0 Å². The van der Waals surface area contributed by atoms with E-state index >= 15 is 0 Å².